The number of carbonyl (C=O) groups excluding carboxylic acids is 1. The van der Waals surface area contributed by atoms with E-state index in [0.29, 0.717) is 10.6 Å². The minimum atomic E-state index is 0.0150. The highest BCUT2D eigenvalue weighted by atomic mass is 32.1. The van der Waals surface area contributed by atoms with Crippen molar-refractivity contribution in [3.05, 3.63) is 35.4 Å². The molecule has 0 radical (unpaired) electrons. The zero-order valence-electron chi connectivity index (χ0n) is 12.9. The molecular formula is C16H23N3OS. The molecule has 1 aliphatic carbocycles. The third kappa shape index (κ3) is 3.24. The average Bonchev–Trinajstić information content (AvgIpc) is 2.41. The van der Waals surface area contributed by atoms with Gasteiger partial charge in [0.2, 0.25) is 0 Å². The van der Waals surface area contributed by atoms with Crippen LogP contribution < -0.4 is 5.73 Å². The molecule has 4 nitrogen and oxygen atoms in total. The van der Waals surface area contributed by atoms with Gasteiger partial charge in [-0.15, -0.1) is 0 Å². The second-order valence-electron chi connectivity index (χ2n) is 6.08. The Morgan fingerprint density at radius 3 is 2.38 bits per heavy atom. The first-order chi connectivity index (χ1) is 9.85. The van der Waals surface area contributed by atoms with Gasteiger partial charge in [-0.2, -0.15) is 0 Å². The lowest BCUT2D eigenvalue weighted by Gasteiger charge is -2.49. The van der Waals surface area contributed by atoms with Gasteiger partial charge in [0.15, 0.2) is 0 Å². The summed E-state index contributed by atoms with van der Waals surface area (Å²) < 4.78 is 0. The molecule has 0 heterocycles. The van der Waals surface area contributed by atoms with Crippen molar-refractivity contribution in [1.29, 1.82) is 0 Å². The maximum atomic E-state index is 12.6. The number of thiocarbonyl (C=S) groups is 1. The number of benzene rings is 1. The Labute approximate surface area is 131 Å². The average molecular weight is 305 g/mol. The van der Waals surface area contributed by atoms with Crippen LogP contribution in [-0.2, 0) is 0 Å². The molecular weight excluding hydrogens is 282 g/mol. The fourth-order valence-electron chi connectivity index (χ4n) is 2.87. The Hall–Kier alpha value is -1.46. The fourth-order valence-corrected chi connectivity index (χ4v) is 3.00. The van der Waals surface area contributed by atoms with E-state index in [2.05, 4.69) is 19.0 Å². The van der Waals surface area contributed by atoms with E-state index < -0.39 is 0 Å². The summed E-state index contributed by atoms with van der Waals surface area (Å²) in [7, 11) is 6.04. The summed E-state index contributed by atoms with van der Waals surface area (Å²) in [6.45, 7) is 0.746. The molecule has 2 rings (SSSR count). The molecule has 0 spiro atoms. The second kappa shape index (κ2) is 6.12. The van der Waals surface area contributed by atoms with E-state index >= 15 is 0 Å². The molecule has 1 saturated carbocycles. The molecule has 21 heavy (non-hydrogen) atoms. The van der Waals surface area contributed by atoms with E-state index in [1.807, 2.05) is 25.2 Å². The first-order valence-corrected chi connectivity index (χ1v) is 7.59. The maximum absolute atomic E-state index is 12.6. The Bertz CT molecular complexity index is 552. The number of rotatable bonds is 5. The Balaban J connectivity index is 2.12. The highest BCUT2D eigenvalue weighted by Gasteiger charge is 2.40. The number of carbonyl (C=O) groups is 1. The van der Waals surface area contributed by atoms with E-state index in [9.17, 15) is 4.79 Å². The van der Waals surface area contributed by atoms with Gasteiger partial charge >= 0.3 is 0 Å². The summed E-state index contributed by atoms with van der Waals surface area (Å²) in [6.07, 6.45) is 3.52. The predicted octanol–water partition coefficient (Wildman–Crippen LogP) is 1.88. The van der Waals surface area contributed by atoms with Crippen molar-refractivity contribution in [1.82, 2.24) is 9.80 Å². The first-order valence-electron chi connectivity index (χ1n) is 7.18. The van der Waals surface area contributed by atoms with Gasteiger partial charge in [-0.1, -0.05) is 24.4 Å². The lowest BCUT2D eigenvalue weighted by Crippen LogP contribution is -2.57. The van der Waals surface area contributed by atoms with E-state index in [1.165, 1.54) is 6.42 Å². The number of amides is 1. The molecule has 5 heteroatoms. The van der Waals surface area contributed by atoms with E-state index in [4.69, 9.17) is 18.0 Å². The Morgan fingerprint density at radius 1 is 1.29 bits per heavy atom. The zero-order chi connectivity index (χ0) is 15.6. The molecule has 0 bridgehead atoms. The van der Waals surface area contributed by atoms with Crippen molar-refractivity contribution in [2.75, 3.05) is 27.7 Å². The van der Waals surface area contributed by atoms with Gasteiger partial charge in [0.1, 0.15) is 4.99 Å². The van der Waals surface area contributed by atoms with E-state index in [-0.39, 0.29) is 11.4 Å². The summed E-state index contributed by atoms with van der Waals surface area (Å²) in [4.78, 5) is 16.9. The van der Waals surface area contributed by atoms with Gasteiger partial charge in [-0.3, -0.25) is 4.79 Å². The summed E-state index contributed by atoms with van der Waals surface area (Å²) in [5, 5.41) is 0. The number of hydrogen-bond donors (Lipinski definition) is 1. The quantitative estimate of drug-likeness (QED) is 0.844. The van der Waals surface area contributed by atoms with Crippen LogP contribution in [0.2, 0.25) is 0 Å². The number of likely N-dealkylation sites (N-methyl/N-ethyl adjacent to an activating group) is 2. The van der Waals surface area contributed by atoms with Crippen LogP contribution in [-0.4, -0.2) is 53.9 Å². The lowest BCUT2D eigenvalue weighted by atomic mass is 9.75. The molecule has 0 saturated heterocycles. The SMILES string of the molecule is CN(CC1(N(C)C)CCC1)C(=O)c1cccc(C(N)=S)c1. The van der Waals surface area contributed by atoms with Crippen molar-refractivity contribution in [2.24, 2.45) is 5.73 Å². The minimum absolute atomic E-state index is 0.0150. The van der Waals surface area contributed by atoms with Crippen LogP contribution in [0.3, 0.4) is 0 Å². The van der Waals surface area contributed by atoms with Crippen molar-refractivity contribution in [3.8, 4) is 0 Å². The van der Waals surface area contributed by atoms with Gasteiger partial charge in [-0.25, -0.2) is 0 Å². The summed E-state index contributed by atoms with van der Waals surface area (Å²) in [5.41, 5.74) is 7.13. The molecule has 1 aromatic rings. The van der Waals surface area contributed by atoms with Crippen LogP contribution >= 0.6 is 12.2 Å². The van der Waals surface area contributed by atoms with Crippen LogP contribution in [0.1, 0.15) is 35.2 Å². The number of nitrogens with two attached hydrogens (primary N) is 1. The zero-order valence-corrected chi connectivity index (χ0v) is 13.7. The van der Waals surface area contributed by atoms with Crippen molar-refractivity contribution in [2.45, 2.75) is 24.8 Å². The van der Waals surface area contributed by atoms with Crippen molar-refractivity contribution in [3.63, 3.8) is 0 Å². The molecule has 0 aliphatic heterocycles. The van der Waals surface area contributed by atoms with Crippen LogP contribution in [0.25, 0.3) is 0 Å². The second-order valence-corrected chi connectivity index (χ2v) is 6.52. The highest BCUT2D eigenvalue weighted by molar-refractivity contribution is 7.80. The van der Waals surface area contributed by atoms with E-state index in [1.54, 1.807) is 11.0 Å². The maximum Gasteiger partial charge on any atom is 0.253 e. The molecule has 0 aromatic heterocycles. The highest BCUT2D eigenvalue weighted by Crippen LogP contribution is 2.36. The van der Waals surface area contributed by atoms with Gasteiger partial charge in [-0.05, 0) is 45.5 Å². The van der Waals surface area contributed by atoms with Crippen LogP contribution in [0.4, 0.5) is 0 Å². The summed E-state index contributed by atoms with van der Waals surface area (Å²) in [5.74, 6) is 0.0150. The number of nitrogens with zero attached hydrogens (tertiary/aromatic N) is 2. The Kier molecular flexibility index (Phi) is 4.64. The fraction of sp³-hybridized carbons (Fsp3) is 0.500. The first kappa shape index (κ1) is 15.9. The third-order valence-corrected chi connectivity index (χ3v) is 4.74. The van der Waals surface area contributed by atoms with Crippen molar-refractivity contribution >= 4 is 23.1 Å². The molecule has 0 atom stereocenters. The summed E-state index contributed by atoms with van der Waals surface area (Å²) in [6, 6.07) is 7.22. The number of hydrogen-bond acceptors (Lipinski definition) is 3. The largest absolute Gasteiger partial charge is 0.389 e. The van der Waals surface area contributed by atoms with Crippen molar-refractivity contribution < 1.29 is 4.79 Å². The van der Waals surface area contributed by atoms with Crippen LogP contribution in [0.15, 0.2) is 24.3 Å². The van der Waals surface area contributed by atoms with E-state index in [0.717, 1.165) is 24.9 Å². The molecule has 1 amide bonds. The Morgan fingerprint density at radius 2 is 1.90 bits per heavy atom. The minimum Gasteiger partial charge on any atom is -0.389 e. The van der Waals surface area contributed by atoms with Crippen LogP contribution in [0.5, 0.6) is 0 Å². The smallest absolute Gasteiger partial charge is 0.253 e. The predicted molar refractivity (Wildman–Crippen MR) is 89.6 cm³/mol. The topological polar surface area (TPSA) is 49.6 Å². The molecule has 0 unspecified atom stereocenters. The van der Waals surface area contributed by atoms with Gasteiger partial charge in [0.05, 0.1) is 0 Å². The monoisotopic (exact) mass is 305 g/mol. The van der Waals surface area contributed by atoms with Gasteiger partial charge in [0, 0.05) is 30.3 Å². The summed E-state index contributed by atoms with van der Waals surface area (Å²) >= 11 is 4.97. The molecule has 2 N–H and O–H groups in total. The van der Waals surface area contributed by atoms with Crippen LogP contribution in [0, 0.1) is 0 Å². The molecule has 114 valence electrons. The normalized spacial score (nSPS) is 16.4. The van der Waals surface area contributed by atoms with Gasteiger partial charge < -0.3 is 15.5 Å². The third-order valence-electron chi connectivity index (χ3n) is 4.51. The molecule has 1 aliphatic rings. The lowest BCUT2D eigenvalue weighted by molar-refractivity contribution is 0.0252. The molecule has 1 fully saturated rings. The standard InChI is InChI=1S/C16H23N3OS/c1-18(2)16(8-5-9-16)11-19(3)15(20)13-7-4-6-12(10-13)14(17)21/h4,6-7,10H,5,8-9,11H2,1-3H3,(H2,17,21). The van der Waals surface area contributed by atoms with Gasteiger partial charge in [0.25, 0.3) is 5.91 Å². The molecule has 1 aromatic carbocycles.